The molecule has 2 fully saturated rings. The third kappa shape index (κ3) is 5.68. The van der Waals surface area contributed by atoms with Crippen molar-refractivity contribution in [1.82, 2.24) is 10.2 Å². The number of hydrogen-bond donors (Lipinski definition) is 2. The highest BCUT2D eigenvalue weighted by Gasteiger charge is 2.55. The number of piperidine rings is 1. The van der Waals surface area contributed by atoms with Crippen LogP contribution in [0.1, 0.15) is 49.7 Å². The summed E-state index contributed by atoms with van der Waals surface area (Å²) in [6.45, 7) is 0.560. The molecule has 0 spiro atoms. The van der Waals surface area contributed by atoms with Crippen LogP contribution < -0.4 is 5.32 Å². The highest BCUT2D eigenvalue weighted by Crippen LogP contribution is 2.42. The quantitative estimate of drug-likeness (QED) is 0.536. The normalized spacial score (nSPS) is 20.9. The van der Waals surface area contributed by atoms with Gasteiger partial charge in [-0.25, -0.2) is 0 Å². The van der Waals surface area contributed by atoms with Gasteiger partial charge in [-0.1, -0.05) is 66.9 Å². The maximum absolute atomic E-state index is 13.6. The van der Waals surface area contributed by atoms with Crippen LogP contribution in [0.25, 0.3) is 0 Å². The Labute approximate surface area is 209 Å². The summed E-state index contributed by atoms with van der Waals surface area (Å²) in [5.41, 5.74) is -1.26. The number of nitrogens with one attached hydrogen (secondary N) is 1. The van der Waals surface area contributed by atoms with Crippen molar-refractivity contribution < 1.29 is 23.1 Å². The monoisotopic (exact) mass is 508 g/mol. The van der Waals surface area contributed by atoms with Crippen molar-refractivity contribution >= 4 is 17.5 Å². The SMILES string of the molecule is O=C(NC[C@@H](Cc1ccccc1)N1CCC(O)(C(F)(F)F)CC1)C1(c2ccc(Cl)cc2)CCCC1. The van der Waals surface area contributed by atoms with Crippen LogP contribution in [-0.2, 0) is 16.6 Å². The summed E-state index contributed by atoms with van der Waals surface area (Å²) < 4.78 is 40.0. The Morgan fingerprint density at radius 2 is 1.60 bits per heavy atom. The fraction of sp³-hybridized carbons (Fsp3) is 0.519. The van der Waals surface area contributed by atoms with E-state index in [1.165, 1.54) is 0 Å². The molecule has 0 unspecified atom stereocenters. The van der Waals surface area contributed by atoms with Gasteiger partial charge in [0.1, 0.15) is 0 Å². The van der Waals surface area contributed by atoms with Crippen LogP contribution >= 0.6 is 11.6 Å². The van der Waals surface area contributed by atoms with Gasteiger partial charge in [0, 0.05) is 30.7 Å². The second-order valence-corrected chi connectivity index (χ2v) is 10.4. The lowest BCUT2D eigenvalue weighted by molar-refractivity contribution is -0.273. The van der Waals surface area contributed by atoms with Gasteiger partial charge < -0.3 is 10.4 Å². The Balaban J connectivity index is 1.49. The summed E-state index contributed by atoms with van der Waals surface area (Å²) in [7, 11) is 0. The number of rotatable bonds is 7. The minimum Gasteiger partial charge on any atom is -0.380 e. The van der Waals surface area contributed by atoms with E-state index in [0.717, 1.165) is 36.8 Å². The summed E-state index contributed by atoms with van der Waals surface area (Å²) in [6, 6.07) is 17.0. The molecule has 0 bridgehead atoms. The molecule has 1 amide bonds. The third-order valence-corrected chi connectivity index (χ3v) is 8.02. The zero-order valence-corrected chi connectivity index (χ0v) is 20.4. The van der Waals surface area contributed by atoms with E-state index in [9.17, 15) is 23.1 Å². The first kappa shape index (κ1) is 26.0. The van der Waals surface area contributed by atoms with E-state index in [4.69, 9.17) is 11.6 Å². The molecular weight excluding hydrogens is 477 g/mol. The average molecular weight is 509 g/mol. The molecule has 2 N–H and O–H groups in total. The summed E-state index contributed by atoms with van der Waals surface area (Å²) in [6.07, 6.45) is -1.35. The number of halogens is 4. The molecule has 2 aliphatic rings. The molecule has 4 rings (SSSR count). The predicted octanol–water partition coefficient (Wildman–Crippen LogP) is 5.27. The molecule has 2 aromatic carbocycles. The standard InChI is InChI=1S/C27H32ClF3N2O2/c28-22-10-8-21(9-11-22)25(12-4-5-13-25)24(34)32-19-23(18-20-6-2-1-3-7-20)33-16-14-26(35,15-17-33)27(29,30)31/h1-3,6-11,23,35H,4-5,12-19H2,(H,32,34)/t23-/m1/s1. The Hall–Kier alpha value is -2.09. The van der Waals surface area contributed by atoms with E-state index in [2.05, 4.69) is 5.32 Å². The van der Waals surface area contributed by atoms with Crippen LogP contribution in [0.4, 0.5) is 13.2 Å². The molecule has 35 heavy (non-hydrogen) atoms. The van der Waals surface area contributed by atoms with Gasteiger partial charge >= 0.3 is 6.18 Å². The number of amides is 1. The van der Waals surface area contributed by atoms with Crippen molar-refractivity contribution in [1.29, 1.82) is 0 Å². The van der Waals surface area contributed by atoms with Crippen molar-refractivity contribution in [3.63, 3.8) is 0 Å². The second-order valence-electron chi connectivity index (χ2n) is 9.91. The van der Waals surface area contributed by atoms with E-state index in [-0.39, 0.29) is 37.9 Å². The third-order valence-electron chi connectivity index (χ3n) is 7.77. The first-order chi connectivity index (χ1) is 16.6. The molecular formula is C27H32ClF3N2O2. The number of carbonyl (C=O) groups is 1. The van der Waals surface area contributed by atoms with Crippen LogP contribution in [0.3, 0.4) is 0 Å². The van der Waals surface area contributed by atoms with Crippen LogP contribution in [0, 0.1) is 0 Å². The molecule has 0 radical (unpaired) electrons. The zero-order chi connectivity index (χ0) is 25.1. The highest BCUT2D eigenvalue weighted by atomic mass is 35.5. The lowest BCUT2D eigenvalue weighted by Crippen LogP contribution is -2.57. The van der Waals surface area contributed by atoms with Crippen molar-refractivity contribution in [3.05, 3.63) is 70.7 Å². The topological polar surface area (TPSA) is 52.6 Å². The van der Waals surface area contributed by atoms with Gasteiger partial charge in [-0.3, -0.25) is 9.69 Å². The lowest BCUT2D eigenvalue weighted by atomic mass is 9.78. The van der Waals surface area contributed by atoms with Gasteiger partial charge in [0.25, 0.3) is 0 Å². The Kier molecular flexibility index (Phi) is 7.79. The number of nitrogens with zero attached hydrogens (tertiary/aromatic N) is 1. The molecule has 0 aromatic heterocycles. The minimum absolute atomic E-state index is 0.0424. The van der Waals surface area contributed by atoms with Crippen molar-refractivity contribution in [2.24, 2.45) is 0 Å². The maximum Gasteiger partial charge on any atom is 0.417 e. The number of likely N-dealkylation sites (tertiary alicyclic amines) is 1. The first-order valence-corrected chi connectivity index (χ1v) is 12.6. The van der Waals surface area contributed by atoms with Gasteiger partial charge in [0.2, 0.25) is 5.91 Å². The molecule has 2 aromatic rings. The first-order valence-electron chi connectivity index (χ1n) is 12.2. The minimum atomic E-state index is -4.64. The van der Waals surface area contributed by atoms with E-state index in [0.29, 0.717) is 18.0 Å². The maximum atomic E-state index is 13.6. The molecule has 1 saturated carbocycles. The Morgan fingerprint density at radius 1 is 1.00 bits per heavy atom. The Morgan fingerprint density at radius 3 is 2.17 bits per heavy atom. The highest BCUT2D eigenvalue weighted by molar-refractivity contribution is 6.30. The second kappa shape index (κ2) is 10.5. The molecule has 8 heteroatoms. The number of hydrogen-bond acceptors (Lipinski definition) is 3. The molecule has 1 saturated heterocycles. The molecule has 1 heterocycles. The molecule has 1 atom stereocenters. The summed E-state index contributed by atoms with van der Waals surface area (Å²) in [4.78, 5) is 15.5. The lowest BCUT2D eigenvalue weighted by Gasteiger charge is -2.42. The predicted molar refractivity (Wildman–Crippen MR) is 130 cm³/mol. The van der Waals surface area contributed by atoms with Crippen LogP contribution in [0.2, 0.25) is 5.02 Å². The Bertz CT molecular complexity index is 984. The van der Waals surface area contributed by atoms with E-state index < -0.39 is 17.2 Å². The van der Waals surface area contributed by atoms with Crippen molar-refractivity contribution in [3.8, 4) is 0 Å². The van der Waals surface area contributed by atoms with E-state index >= 15 is 0 Å². The largest absolute Gasteiger partial charge is 0.417 e. The smallest absolute Gasteiger partial charge is 0.380 e. The van der Waals surface area contributed by atoms with Gasteiger partial charge in [0.15, 0.2) is 5.60 Å². The summed E-state index contributed by atoms with van der Waals surface area (Å²) >= 11 is 6.06. The number of aliphatic hydroxyl groups is 1. The molecule has 4 nitrogen and oxygen atoms in total. The van der Waals surface area contributed by atoms with E-state index in [1.54, 1.807) is 12.1 Å². The van der Waals surface area contributed by atoms with Crippen LogP contribution in [0.5, 0.6) is 0 Å². The van der Waals surface area contributed by atoms with Crippen LogP contribution in [-0.4, -0.2) is 53.4 Å². The van der Waals surface area contributed by atoms with Gasteiger partial charge in [0.05, 0.1) is 5.41 Å². The van der Waals surface area contributed by atoms with Crippen molar-refractivity contribution in [2.45, 2.75) is 68.2 Å². The van der Waals surface area contributed by atoms with Gasteiger partial charge in [-0.2, -0.15) is 13.2 Å². The molecule has 1 aliphatic carbocycles. The van der Waals surface area contributed by atoms with Gasteiger partial charge in [-0.05, 0) is 55.4 Å². The fourth-order valence-electron chi connectivity index (χ4n) is 5.53. The number of alkyl halides is 3. The summed E-state index contributed by atoms with van der Waals surface area (Å²) in [5, 5.41) is 13.9. The van der Waals surface area contributed by atoms with Gasteiger partial charge in [-0.15, -0.1) is 0 Å². The fourth-order valence-corrected chi connectivity index (χ4v) is 5.66. The number of benzene rings is 2. The molecule has 1 aliphatic heterocycles. The molecule has 190 valence electrons. The number of carbonyl (C=O) groups excluding carboxylic acids is 1. The van der Waals surface area contributed by atoms with Crippen molar-refractivity contribution in [2.75, 3.05) is 19.6 Å². The van der Waals surface area contributed by atoms with Crippen LogP contribution in [0.15, 0.2) is 54.6 Å². The summed E-state index contributed by atoms with van der Waals surface area (Å²) in [5.74, 6) is -0.0424. The average Bonchev–Trinajstić information content (AvgIpc) is 3.34. The van der Waals surface area contributed by atoms with E-state index in [1.807, 2.05) is 47.4 Å². The zero-order valence-electron chi connectivity index (χ0n) is 19.7.